The third kappa shape index (κ3) is 4.02. The van der Waals surface area contributed by atoms with Crippen LogP contribution in [0.2, 0.25) is 0 Å². The van der Waals surface area contributed by atoms with Crippen LogP contribution in [0.3, 0.4) is 0 Å². The predicted octanol–water partition coefficient (Wildman–Crippen LogP) is 3.59. The third-order valence-electron chi connectivity index (χ3n) is 4.68. The maximum atomic E-state index is 12.9. The monoisotopic (exact) mass is 382 g/mol. The Morgan fingerprint density at radius 2 is 1.90 bits per heavy atom. The minimum atomic E-state index is -1.28. The molecule has 1 N–H and O–H groups in total. The van der Waals surface area contributed by atoms with Crippen LogP contribution in [0, 0.1) is 11.8 Å². The highest BCUT2D eigenvalue weighted by atomic mass is 16.6. The molecule has 3 aromatic rings. The minimum absolute atomic E-state index is 0.319. The van der Waals surface area contributed by atoms with Gasteiger partial charge in [0.2, 0.25) is 0 Å². The predicted molar refractivity (Wildman–Crippen MR) is 109 cm³/mol. The number of benzene rings is 2. The summed E-state index contributed by atoms with van der Waals surface area (Å²) >= 11 is 0. The lowest BCUT2D eigenvalue weighted by Gasteiger charge is -2.33. The molecule has 0 bridgehead atoms. The Kier molecular flexibility index (Phi) is 4.84. The first kappa shape index (κ1) is 18.5. The third-order valence-corrected chi connectivity index (χ3v) is 4.68. The first-order valence-corrected chi connectivity index (χ1v) is 9.19. The molecule has 5 nitrogen and oxygen atoms in total. The summed E-state index contributed by atoms with van der Waals surface area (Å²) in [5, 5.41) is 2.84. The number of carbonyl (C=O) groups is 2. The molecule has 0 saturated carbocycles. The summed E-state index contributed by atoms with van der Waals surface area (Å²) in [5.74, 6) is 5.15. The van der Waals surface area contributed by atoms with Crippen LogP contribution in [-0.2, 0) is 16.0 Å². The molecule has 1 aliphatic heterocycles. The van der Waals surface area contributed by atoms with Gasteiger partial charge in [-0.1, -0.05) is 36.3 Å². The average Bonchev–Trinajstić information content (AvgIpc) is 2.73. The van der Waals surface area contributed by atoms with Gasteiger partial charge in [-0.2, -0.15) is 0 Å². The van der Waals surface area contributed by atoms with Crippen LogP contribution in [0.15, 0.2) is 72.9 Å². The number of aromatic nitrogens is 1. The van der Waals surface area contributed by atoms with E-state index in [1.165, 1.54) is 0 Å². The maximum Gasteiger partial charge on any atom is 0.339 e. The van der Waals surface area contributed by atoms with Crippen molar-refractivity contribution in [3.05, 3.63) is 95.3 Å². The van der Waals surface area contributed by atoms with E-state index in [4.69, 9.17) is 4.74 Å². The molecule has 0 spiro atoms. The van der Waals surface area contributed by atoms with Crippen LogP contribution in [0.4, 0.5) is 5.69 Å². The quantitative estimate of drug-likeness (QED) is 0.543. The van der Waals surface area contributed by atoms with Gasteiger partial charge >= 0.3 is 5.97 Å². The summed E-state index contributed by atoms with van der Waals surface area (Å²) in [4.78, 5) is 29.4. The van der Waals surface area contributed by atoms with Crippen molar-refractivity contribution in [3.63, 3.8) is 0 Å². The Hall–Kier alpha value is -3.91. The Balaban J connectivity index is 1.52. The van der Waals surface area contributed by atoms with Crippen LogP contribution in [0.1, 0.15) is 34.1 Å². The van der Waals surface area contributed by atoms with Crippen LogP contribution < -0.4 is 5.32 Å². The number of cyclic esters (lactones) is 1. The van der Waals surface area contributed by atoms with Gasteiger partial charge in [0.25, 0.3) is 5.91 Å². The van der Waals surface area contributed by atoms with E-state index in [1.54, 1.807) is 37.4 Å². The van der Waals surface area contributed by atoms with Crippen molar-refractivity contribution in [2.75, 3.05) is 5.32 Å². The normalized spacial score (nSPS) is 17.3. The number of nitrogens with zero attached hydrogens (tertiary/aromatic N) is 1. The van der Waals surface area contributed by atoms with E-state index in [0.29, 0.717) is 23.4 Å². The van der Waals surface area contributed by atoms with Gasteiger partial charge in [-0.05, 0) is 54.8 Å². The summed E-state index contributed by atoms with van der Waals surface area (Å²) in [5.41, 5.74) is 2.02. The molecule has 0 aliphatic carbocycles. The van der Waals surface area contributed by atoms with Crippen molar-refractivity contribution >= 4 is 17.6 Å². The van der Waals surface area contributed by atoms with Crippen LogP contribution in [0.5, 0.6) is 0 Å². The molecule has 2 aromatic carbocycles. The lowest BCUT2D eigenvalue weighted by Crippen LogP contribution is -2.48. The number of hydrogen-bond donors (Lipinski definition) is 1. The van der Waals surface area contributed by atoms with E-state index in [-0.39, 0.29) is 5.91 Å². The summed E-state index contributed by atoms with van der Waals surface area (Å²) in [7, 11) is 0. The largest absolute Gasteiger partial charge is 0.445 e. The summed E-state index contributed by atoms with van der Waals surface area (Å²) in [6.45, 7) is 1.63. The molecule has 0 fully saturated rings. The smallest absolute Gasteiger partial charge is 0.339 e. The highest BCUT2D eigenvalue weighted by molar-refractivity contribution is 6.02. The Bertz CT molecular complexity index is 1150. The highest BCUT2D eigenvalue weighted by Crippen LogP contribution is 2.29. The van der Waals surface area contributed by atoms with E-state index in [1.807, 2.05) is 42.5 Å². The zero-order valence-electron chi connectivity index (χ0n) is 15.8. The topological polar surface area (TPSA) is 68.3 Å². The van der Waals surface area contributed by atoms with E-state index in [0.717, 1.165) is 11.1 Å². The molecule has 0 saturated heterocycles. The van der Waals surface area contributed by atoms with Crippen LogP contribution in [-0.4, -0.2) is 22.5 Å². The molecule has 5 heteroatoms. The Labute approximate surface area is 168 Å². The molecule has 2 heterocycles. The number of rotatable bonds is 2. The maximum absolute atomic E-state index is 12.9. The summed E-state index contributed by atoms with van der Waals surface area (Å²) < 4.78 is 5.48. The zero-order chi connectivity index (χ0) is 20.3. The minimum Gasteiger partial charge on any atom is -0.445 e. The number of amides is 1. The van der Waals surface area contributed by atoms with Gasteiger partial charge < -0.3 is 10.1 Å². The first-order valence-electron chi connectivity index (χ1n) is 9.19. The molecule has 0 radical (unpaired) electrons. The van der Waals surface area contributed by atoms with Crippen molar-refractivity contribution in [2.45, 2.75) is 18.9 Å². The molecule has 29 heavy (non-hydrogen) atoms. The molecule has 1 unspecified atom stereocenters. The average molecular weight is 382 g/mol. The number of ether oxygens (including phenoxy) is 1. The number of esters is 1. The lowest BCUT2D eigenvalue weighted by molar-refractivity contribution is -0.134. The van der Waals surface area contributed by atoms with E-state index in [9.17, 15) is 9.59 Å². The Morgan fingerprint density at radius 3 is 2.72 bits per heavy atom. The second-order valence-corrected chi connectivity index (χ2v) is 6.95. The van der Waals surface area contributed by atoms with Gasteiger partial charge in [0.1, 0.15) is 5.69 Å². The van der Waals surface area contributed by atoms with Crippen molar-refractivity contribution in [3.8, 4) is 11.8 Å². The van der Waals surface area contributed by atoms with Gasteiger partial charge in [0, 0.05) is 23.9 Å². The van der Waals surface area contributed by atoms with Gasteiger partial charge in [-0.25, -0.2) is 9.78 Å². The fourth-order valence-electron chi connectivity index (χ4n) is 3.17. The summed E-state index contributed by atoms with van der Waals surface area (Å²) in [6, 6.07) is 19.9. The SMILES string of the molecule is CC1(C(=O)Nc2cccc(C#Cc3ccccn3)c2)Cc2ccccc2C(=O)O1. The van der Waals surface area contributed by atoms with Crippen LogP contribution in [0.25, 0.3) is 0 Å². The standard InChI is InChI=1S/C24H18N2O3/c1-24(16-18-8-2-3-11-21(18)22(27)29-24)23(28)26-20-10-6-7-17(15-20)12-13-19-9-4-5-14-25-19/h2-11,14-15H,16H2,1H3,(H,26,28). The van der Waals surface area contributed by atoms with Crippen LogP contribution >= 0.6 is 0 Å². The van der Waals surface area contributed by atoms with E-state index in [2.05, 4.69) is 22.1 Å². The van der Waals surface area contributed by atoms with Crippen molar-refractivity contribution in [1.29, 1.82) is 0 Å². The molecule has 4 rings (SSSR count). The fourth-order valence-corrected chi connectivity index (χ4v) is 3.17. The van der Waals surface area contributed by atoms with Gasteiger partial charge in [0.15, 0.2) is 5.60 Å². The number of fused-ring (bicyclic) bond motifs is 1. The molecule has 1 amide bonds. The van der Waals surface area contributed by atoms with Gasteiger partial charge in [0.05, 0.1) is 5.56 Å². The second kappa shape index (κ2) is 7.61. The molecular formula is C24H18N2O3. The molecule has 1 aromatic heterocycles. The number of hydrogen-bond acceptors (Lipinski definition) is 4. The molecular weight excluding hydrogens is 364 g/mol. The number of anilines is 1. The van der Waals surface area contributed by atoms with Gasteiger partial charge in [-0.3, -0.25) is 4.79 Å². The van der Waals surface area contributed by atoms with E-state index >= 15 is 0 Å². The highest BCUT2D eigenvalue weighted by Gasteiger charge is 2.42. The molecule has 1 atom stereocenters. The lowest BCUT2D eigenvalue weighted by atomic mass is 9.89. The van der Waals surface area contributed by atoms with Crippen molar-refractivity contribution in [1.82, 2.24) is 4.98 Å². The first-order chi connectivity index (χ1) is 14.0. The number of carbonyl (C=O) groups excluding carboxylic acids is 2. The van der Waals surface area contributed by atoms with E-state index < -0.39 is 11.6 Å². The fraction of sp³-hybridized carbons (Fsp3) is 0.125. The number of nitrogens with one attached hydrogen (secondary N) is 1. The summed E-state index contributed by atoms with van der Waals surface area (Å²) in [6.07, 6.45) is 2.00. The number of pyridine rings is 1. The molecule has 142 valence electrons. The zero-order valence-corrected chi connectivity index (χ0v) is 15.8. The molecule has 1 aliphatic rings. The van der Waals surface area contributed by atoms with Gasteiger partial charge in [-0.15, -0.1) is 0 Å². The second-order valence-electron chi connectivity index (χ2n) is 6.95. The Morgan fingerprint density at radius 1 is 1.07 bits per heavy atom. The van der Waals surface area contributed by atoms with Crippen molar-refractivity contribution < 1.29 is 14.3 Å². The van der Waals surface area contributed by atoms with Crippen molar-refractivity contribution in [2.24, 2.45) is 0 Å².